The molecule has 0 spiro atoms. The number of carbonyl (C=O) groups excluding carboxylic acids is 2. The molecule has 0 radical (unpaired) electrons. The molecule has 2 unspecified atom stereocenters. The maximum Gasteiger partial charge on any atom is 0.362 e. The van der Waals surface area contributed by atoms with E-state index in [-0.39, 0.29) is 36.2 Å². The molecule has 0 aromatic carbocycles. The van der Waals surface area contributed by atoms with Gasteiger partial charge in [0.2, 0.25) is 0 Å². The zero-order valence-electron chi connectivity index (χ0n) is 35.5. The van der Waals surface area contributed by atoms with Gasteiger partial charge in [-0.1, -0.05) is 161 Å². The van der Waals surface area contributed by atoms with E-state index in [0.717, 1.165) is 51.4 Å². The minimum absolute atomic E-state index is 0.0484. The molecule has 8 heteroatoms. The number of quaternary nitrogens is 1. The number of ether oxygens (including phenoxy) is 3. The lowest BCUT2D eigenvalue weighted by molar-refractivity contribution is -0.887. The van der Waals surface area contributed by atoms with E-state index in [0.29, 0.717) is 19.3 Å². The topological polar surface area (TPSA) is 99.1 Å². The van der Waals surface area contributed by atoms with Crippen molar-refractivity contribution in [2.45, 2.75) is 219 Å². The highest BCUT2D eigenvalue weighted by molar-refractivity contribution is 5.72. The Bertz CT molecular complexity index is 885. The number of carbonyl (C=O) groups is 3. The van der Waals surface area contributed by atoms with Crippen LogP contribution in [-0.4, -0.2) is 80.6 Å². The lowest BCUT2D eigenvalue weighted by Crippen LogP contribution is -2.50. The van der Waals surface area contributed by atoms with Crippen molar-refractivity contribution in [3.8, 4) is 0 Å². The number of allylic oxidation sites excluding steroid dienone is 2. The van der Waals surface area contributed by atoms with Crippen LogP contribution in [0, 0.1) is 0 Å². The van der Waals surface area contributed by atoms with Crippen molar-refractivity contribution in [2.75, 3.05) is 41.0 Å². The van der Waals surface area contributed by atoms with Crippen molar-refractivity contribution < 1.29 is 38.2 Å². The smallest absolute Gasteiger partial charge is 0.362 e. The van der Waals surface area contributed by atoms with E-state index in [2.05, 4.69) is 26.0 Å². The second-order valence-electron chi connectivity index (χ2n) is 16.3. The maximum atomic E-state index is 12.7. The minimum Gasteiger partial charge on any atom is -0.477 e. The van der Waals surface area contributed by atoms with Gasteiger partial charge in [0.15, 0.2) is 12.1 Å². The second kappa shape index (κ2) is 37.0. The molecule has 0 saturated heterocycles. The van der Waals surface area contributed by atoms with Crippen molar-refractivity contribution in [1.29, 1.82) is 0 Å². The molecule has 0 aliphatic carbocycles. The summed E-state index contributed by atoms with van der Waals surface area (Å²) in [4.78, 5) is 36.9. The third-order valence-corrected chi connectivity index (χ3v) is 10.2. The molecule has 0 fully saturated rings. The van der Waals surface area contributed by atoms with Gasteiger partial charge in [0.1, 0.15) is 6.61 Å². The van der Waals surface area contributed by atoms with Crippen LogP contribution in [0.1, 0.15) is 206 Å². The van der Waals surface area contributed by atoms with Crippen LogP contribution in [0.5, 0.6) is 0 Å². The number of hydrogen-bond acceptors (Lipinski definition) is 6. The lowest BCUT2D eigenvalue weighted by Gasteiger charge is -2.31. The molecule has 0 aliphatic rings. The number of likely N-dealkylation sites (N-methyl/N-ethyl adjacent to an activating group) is 1. The first-order valence-electron chi connectivity index (χ1n) is 22.2. The minimum atomic E-state index is -0.874. The largest absolute Gasteiger partial charge is 0.477 e. The van der Waals surface area contributed by atoms with Crippen molar-refractivity contribution in [3.63, 3.8) is 0 Å². The van der Waals surface area contributed by atoms with E-state index >= 15 is 0 Å². The van der Waals surface area contributed by atoms with Crippen molar-refractivity contribution in [1.82, 2.24) is 0 Å². The van der Waals surface area contributed by atoms with Crippen LogP contribution in [0.25, 0.3) is 0 Å². The Morgan fingerprint density at radius 2 is 0.943 bits per heavy atom. The highest BCUT2D eigenvalue weighted by Crippen LogP contribution is 2.15. The van der Waals surface area contributed by atoms with E-state index in [1.165, 1.54) is 122 Å². The number of hydrogen-bond donors (Lipinski definition) is 1. The molecule has 0 aromatic heterocycles. The molecule has 1 N–H and O–H groups in total. The SMILES string of the molecule is CCCCCCCC/C=C\CCCCCCCC(=O)OC(COCCC(C(=O)O)[N+](C)(C)C)COC(=O)CCCCCCCCCCCCCCCC. The van der Waals surface area contributed by atoms with Crippen molar-refractivity contribution >= 4 is 17.9 Å². The fraction of sp³-hybridized carbons (Fsp3) is 0.889. The molecule has 0 amide bonds. The number of carboxylic acids is 1. The van der Waals surface area contributed by atoms with Gasteiger partial charge in [-0.15, -0.1) is 0 Å². The van der Waals surface area contributed by atoms with E-state index in [1.54, 1.807) is 0 Å². The van der Waals surface area contributed by atoms with Crippen LogP contribution in [0.2, 0.25) is 0 Å². The quantitative estimate of drug-likeness (QED) is 0.0288. The fourth-order valence-electron chi connectivity index (χ4n) is 6.67. The van der Waals surface area contributed by atoms with Gasteiger partial charge in [-0.3, -0.25) is 9.59 Å². The number of carboxylic acid groups (broad SMARTS) is 1. The highest BCUT2D eigenvalue weighted by Gasteiger charge is 2.31. The van der Waals surface area contributed by atoms with Crippen LogP contribution in [0.4, 0.5) is 0 Å². The molecule has 53 heavy (non-hydrogen) atoms. The Balaban J connectivity index is 4.33. The molecule has 0 bridgehead atoms. The Kier molecular flexibility index (Phi) is 35.7. The average Bonchev–Trinajstić information content (AvgIpc) is 3.11. The van der Waals surface area contributed by atoms with Crippen LogP contribution in [0.15, 0.2) is 12.2 Å². The number of aliphatic carboxylic acids is 1. The molecule has 8 nitrogen and oxygen atoms in total. The van der Waals surface area contributed by atoms with Crippen LogP contribution < -0.4 is 0 Å². The van der Waals surface area contributed by atoms with Crippen molar-refractivity contribution in [2.24, 2.45) is 0 Å². The van der Waals surface area contributed by atoms with Crippen LogP contribution in [-0.2, 0) is 28.6 Å². The fourth-order valence-corrected chi connectivity index (χ4v) is 6.67. The summed E-state index contributed by atoms with van der Waals surface area (Å²) < 4.78 is 17.3. The normalized spacial score (nSPS) is 13.0. The van der Waals surface area contributed by atoms with Gasteiger partial charge >= 0.3 is 17.9 Å². The van der Waals surface area contributed by atoms with E-state index in [1.807, 2.05) is 21.1 Å². The van der Waals surface area contributed by atoms with E-state index < -0.39 is 18.1 Å². The van der Waals surface area contributed by atoms with Gasteiger partial charge in [-0.05, 0) is 38.5 Å². The Morgan fingerprint density at radius 1 is 0.547 bits per heavy atom. The number of unbranched alkanes of at least 4 members (excludes halogenated alkanes) is 24. The molecule has 0 heterocycles. The summed E-state index contributed by atoms with van der Waals surface area (Å²) in [7, 11) is 5.53. The third kappa shape index (κ3) is 35.5. The number of nitrogens with zero attached hydrogens (tertiary/aromatic N) is 1. The predicted molar refractivity (Wildman–Crippen MR) is 220 cm³/mol. The summed E-state index contributed by atoms with van der Waals surface area (Å²) in [6.07, 6.45) is 38.1. The van der Waals surface area contributed by atoms with Gasteiger partial charge in [0, 0.05) is 19.3 Å². The summed E-state index contributed by atoms with van der Waals surface area (Å²) in [5, 5.41) is 9.61. The summed E-state index contributed by atoms with van der Waals surface area (Å²) in [5.74, 6) is -1.46. The number of rotatable bonds is 40. The molecule has 2 atom stereocenters. The number of esters is 2. The van der Waals surface area contributed by atoms with Gasteiger partial charge in [0.25, 0.3) is 0 Å². The lowest BCUT2D eigenvalue weighted by atomic mass is 10.0. The molecule has 0 rings (SSSR count). The van der Waals surface area contributed by atoms with Crippen LogP contribution in [0.3, 0.4) is 0 Å². The van der Waals surface area contributed by atoms with Crippen LogP contribution >= 0.6 is 0 Å². The second-order valence-corrected chi connectivity index (χ2v) is 16.3. The predicted octanol–water partition coefficient (Wildman–Crippen LogP) is 11.9. The zero-order valence-corrected chi connectivity index (χ0v) is 35.5. The van der Waals surface area contributed by atoms with E-state index in [4.69, 9.17) is 14.2 Å². The summed E-state index contributed by atoms with van der Waals surface area (Å²) in [5.41, 5.74) is 0. The first kappa shape index (κ1) is 51.1. The average molecular weight is 753 g/mol. The summed E-state index contributed by atoms with van der Waals surface area (Å²) >= 11 is 0. The first-order chi connectivity index (χ1) is 25.6. The maximum absolute atomic E-state index is 12.7. The van der Waals surface area contributed by atoms with Gasteiger partial charge in [0.05, 0.1) is 34.4 Å². The molecule has 312 valence electrons. The van der Waals surface area contributed by atoms with Gasteiger partial charge < -0.3 is 23.8 Å². The Hall–Kier alpha value is -1.93. The summed E-state index contributed by atoms with van der Waals surface area (Å²) in [6.45, 7) is 4.74. The molecular formula is C45H86NO7+. The molecule has 0 aliphatic heterocycles. The highest BCUT2D eigenvalue weighted by atomic mass is 16.6. The van der Waals surface area contributed by atoms with E-state index in [9.17, 15) is 19.5 Å². The molecule has 0 aromatic rings. The zero-order chi connectivity index (χ0) is 39.3. The third-order valence-electron chi connectivity index (χ3n) is 10.2. The molecular weight excluding hydrogens is 666 g/mol. The first-order valence-corrected chi connectivity index (χ1v) is 22.2. The Labute approximate surface area is 327 Å². The van der Waals surface area contributed by atoms with Gasteiger partial charge in [-0.2, -0.15) is 0 Å². The Morgan fingerprint density at radius 3 is 1.36 bits per heavy atom. The standard InChI is InChI=1S/C45H85NO7/c1-6-8-10-12-14-16-18-20-22-24-26-28-30-32-34-36-44(48)53-41(39-51-38-37-42(45(49)50)46(3,4)5)40-52-43(47)35-33-31-29-27-25-23-21-19-17-15-13-11-9-7-2/h20,22,41-42H,6-19,21,23-40H2,1-5H3/p+1/b22-20-. The van der Waals surface area contributed by atoms with Crippen molar-refractivity contribution in [3.05, 3.63) is 12.2 Å². The monoisotopic (exact) mass is 753 g/mol. The molecule has 0 saturated carbocycles. The van der Waals surface area contributed by atoms with Gasteiger partial charge in [-0.25, -0.2) is 4.79 Å². The summed E-state index contributed by atoms with van der Waals surface area (Å²) in [6, 6.07) is -0.611.